The first-order chi connectivity index (χ1) is 12.1. The molecule has 0 N–H and O–H groups in total. The molecule has 1 aliphatic heterocycles. The maximum absolute atomic E-state index is 13.0. The van der Waals surface area contributed by atoms with Crippen molar-refractivity contribution in [1.29, 1.82) is 0 Å². The number of hydrogen-bond acceptors (Lipinski definition) is 3. The Hall–Kier alpha value is -1.52. The van der Waals surface area contributed by atoms with Gasteiger partial charge in [-0.1, -0.05) is 0 Å². The van der Waals surface area contributed by atoms with Crippen LogP contribution >= 0.6 is 0 Å². The average molecular weight is 342 g/mol. The molecule has 1 saturated heterocycles. The number of piperazine rings is 1. The Labute approximate surface area is 150 Å². The highest BCUT2D eigenvalue weighted by atomic mass is 16.2. The quantitative estimate of drug-likeness (QED) is 0.848. The molecular formula is C20H30N4O. The summed E-state index contributed by atoms with van der Waals surface area (Å²) < 4.78 is 2.06. The van der Waals surface area contributed by atoms with E-state index in [0.717, 1.165) is 56.3 Å². The van der Waals surface area contributed by atoms with E-state index in [0.29, 0.717) is 11.3 Å². The number of rotatable bonds is 3. The Kier molecular flexibility index (Phi) is 3.61. The Balaban J connectivity index is 1.21. The molecule has 136 valence electrons. The monoisotopic (exact) mass is 342 g/mol. The molecule has 0 spiro atoms. The van der Waals surface area contributed by atoms with Crippen molar-refractivity contribution in [3.05, 3.63) is 12.4 Å². The fourth-order valence-corrected chi connectivity index (χ4v) is 6.76. The highest BCUT2D eigenvalue weighted by molar-refractivity contribution is 5.77. The lowest BCUT2D eigenvalue weighted by Gasteiger charge is -2.57. The van der Waals surface area contributed by atoms with Gasteiger partial charge < -0.3 is 14.4 Å². The average Bonchev–Trinajstić information content (AvgIpc) is 2.99. The van der Waals surface area contributed by atoms with Gasteiger partial charge in [0.25, 0.3) is 0 Å². The lowest BCUT2D eigenvalue weighted by molar-refractivity contribution is -0.139. The molecule has 0 atom stereocenters. The molecule has 5 nitrogen and oxygen atoms in total. The van der Waals surface area contributed by atoms with Crippen molar-refractivity contribution in [2.45, 2.75) is 44.9 Å². The van der Waals surface area contributed by atoms with Gasteiger partial charge >= 0.3 is 0 Å². The SMILES string of the molecule is Cn1ccnc1N1CCN(C(=O)CC23CC4CC(CC(C4)C2)C3)CC1. The van der Waals surface area contributed by atoms with Crippen molar-refractivity contribution in [2.24, 2.45) is 30.2 Å². The normalized spacial score (nSPS) is 36.9. The number of aromatic nitrogens is 2. The second-order valence-corrected chi connectivity index (χ2v) is 9.30. The fraction of sp³-hybridized carbons (Fsp3) is 0.800. The molecule has 0 aromatic carbocycles. The van der Waals surface area contributed by atoms with E-state index in [2.05, 4.69) is 19.4 Å². The summed E-state index contributed by atoms with van der Waals surface area (Å²) in [7, 11) is 2.03. The molecule has 25 heavy (non-hydrogen) atoms. The van der Waals surface area contributed by atoms with Gasteiger partial charge in [0.05, 0.1) is 0 Å². The maximum Gasteiger partial charge on any atom is 0.223 e. The second kappa shape index (κ2) is 5.75. The van der Waals surface area contributed by atoms with Gasteiger partial charge in [-0.15, -0.1) is 0 Å². The number of carbonyl (C=O) groups excluding carboxylic acids is 1. The number of amides is 1. The van der Waals surface area contributed by atoms with E-state index >= 15 is 0 Å². The van der Waals surface area contributed by atoms with Crippen molar-refractivity contribution in [2.75, 3.05) is 31.1 Å². The van der Waals surface area contributed by atoms with Gasteiger partial charge in [0, 0.05) is 52.0 Å². The van der Waals surface area contributed by atoms with Crippen LogP contribution in [0, 0.1) is 23.2 Å². The summed E-state index contributed by atoms with van der Waals surface area (Å²) >= 11 is 0. The van der Waals surface area contributed by atoms with E-state index in [4.69, 9.17) is 0 Å². The van der Waals surface area contributed by atoms with E-state index in [-0.39, 0.29) is 0 Å². The predicted molar refractivity (Wildman–Crippen MR) is 97.2 cm³/mol. The molecule has 2 heterocycles. The number of aryl methyl sites for hydroxylation is 1. The molecule has 4 bridgehead atoms. The summed E-state index contributed by atoms with van der Waals surface area (Å²) in [5.41, 5.74) is 0.364. The topological polar surface area (TPSA) is 41.4 Å². The van der Waals surface area contributed by atoms with Crippen LogP contribution in [0.4, 0.5) is 5.95 Å². The molecule has 1 aromatic rings. The second-order valence-electron chi connectivity index (χ2n) is 9.30. The smallest absolute Gasteiger partial charge is 0.223 e. The molecule has 4 aliphatic carbocycles. The van der Waals surface area contributed by atoms with Gasteiger partial charge in [-0.2, -0.15) is 0 Å². The highest BCUT2D eigenvalue weighted by Crippen LogP contribution is 2.61. The van der Waals surface area contributed by atoms with Crippen molar-refractivity contribution in [3.8, 4) is 0 Å². The van der Waals surface area contributed by atoms with E-state index in [1.807, 2.05) is 19.4 Å². The molecular weight excluding hydrogens is 312 g/mol. The standard InChI is InChI=1S/C20H30N4O/c1-22-3-2-21-19(22)24-6-4-23(5-7-24)18(25)14-20-11-15-8-16(12-20)10-17(9-15)13-20/h2-3,15-17H,4-14H2,1H3. The molecule has 6 rings (SSSR count). The number of carbonyl (C=O) groups is 1. The van der Waals surface area contributed by atoms with Crippen LogP contribution in [0.5, 0.6) is 0 Å². The van der Waals surface area contributed by atoms with Gasteiger partial charge in [0.1, 0.15) is 0 Å². The third kappa shape index (κ3) is 2.76. The molecule has 4 saturated carbocycles. The highest BCUT2D eigenvalue weighted by Gasteiger charge is 2.51. The third-order valence-corrected chi connectivity index (χ3v) is 7.40. The van der Waals surface area contributed by atoms with E-state index in [1.165, 1.54) is 38.5 Å². The molecule has 5 aliphatic rings. The van der Waals surface area contributed by atoms with Crippen molar-refractivity contribution in [1.82, 2.24) is 14.5 Å². The van der Waals surface area contributed by atoms with Gasteiger partial charge in [-0.05, 0) is 61.7 Å². The van der Waals surface area contributed by atoms with Crippen LogP contribution in [0.15, 0.2) is 12.4 Å². The van der Waals surface area contributed by atoms with E-state index < -0.39 is 0 Å². The molecule has 1 aromatic heterocycles. The molecule has 1 amide bonds. The van der Waals surface area contributed by atoms with Crippen LogP contribution in [-0.2, 0) is 11.8 Å². The first kappa shape index (κ1) is 15.7. The molecule has 5 fully saturated rings. The zero-order chi connectivity index (χ0) is 17.0. The number of hydrogen-bond donors (Lipinski definition) is 0. The molecule has 0 radical (unpaired) electrons. The molecule has 0 unspecified atom stereocenters. The largest absolute Gasteiger partial charge is 0.339 e. The van der Waals surface area contributed by atoms with Crippen molar-refractivity contribution in [3.63, 3.8) is 0 Å². The Morgan fingerprint density at radius 3 is 2.20 bits per heavy atom. The van der Waals surface area contributed by atoms with E-state index in [1.54, 1.807) is 0 Å². The zero-order valence-corrected chi connectivity index (χ0v) is 15.4. The maximum atomic E-state index is 13.0. The summed E-state index contributed by atoms with van der Waals surface area (Å²) in [4.78, 5) is 21.9. The van der Waals surface area contributed by atoms with Crippen LogP contribution in [0.25, 0.3) is 0 Å². The van der Waals surface area contributed by atoms with E-state index in [9.17, 15) is 4.79 Å². The lowest BCUT2D eigenvalue weighted by atomic mass is 9.49. The molecule has 5 heteroatoms. The third-order valence-electron chi connectivity index (χ3n) is 7.40. The predicted octanol–water partition coefficient (Wildman–Crippen LogP) is 2.68. The van der Waals surface area contributed by atoms with Crippen LogP contribution in [0.3, 0.4) is 0 Å². The Bertz CT molecular complexity index is 623. The van der Waals surface area contributed by atoms with Crippen molar-refractivity contribution >= 4 is 11.9 Å². The van der Waals surface area contributed by atoms with Crippen LogP contribution in [0.1, 0.15) is 44.9 Å². The minimum Gasteiger partial charge on any atom is -0.339 e. The summed E-state index contributed by atoms with van der Waals surface area (Å²) in [6, 6.07) is 0. The number of nitrogens with zero attached hydrogens (tertiary/aromatic N) is 4. The summed E-state index contributed by atoms with van der Waals surface area (Å²) in [6.07, 6.45) is 13.0. The van der Waals surface area contributed by atoms with Gasteiger partial charge in [0.2, 0.25) is 11.9 Å². The van der Waals surface area contributed by atoms with Gasteiger partial charge in [0.15, 0.2) is 0 Å². The number of anilines is 1. The summed E-state index contributed by atoms with van der Waals surface area (Å²) in [5, 5.41) is 0. The number of imidazole rings is 1. The fourth-order valence-electron chi connectivity index (χ4n) is 6.76. The minimum absolute atomic E-state index is 0.364. The first-order valence-corrected chi connectivity index (χ1v) is 10.1. The van der Waals surface area contributed by atoms with Gasteiger partial charge in [-0.3, -0.25) is 4.79 Å². The minimum atomic E-state index is 0.364. The van der Waals surface area contributed by atoms with Crippen LogP contribution in [-0.4, -0.2) is 46.5 Å². The van der Waals surface area contributed by atoms with Crippen LogP contribution < -0.4 is 4.90 Å². The summed E-state index contributed by atoms with van der Waals surface area (Å²) in [6.45, 7) is 3.49. The Morgan fingerprint density at radius 2 is 1.68 bits per heavy atom. The van der Waals surface area contributed by atoms with Crippen LogP contribution in [0.2, 0.25) is 0 Å². The summed E-state index contributed by atoms with van der Waals surface area (Å²) in [5.74, 6) is 4.23. The zero-order valence-electron chi connectivity index (χ0n) is 15.4. The lowest BCUT2D eigenvalue weighted by Crippen LogP contribution is -2.52. The Morgan fingerprint density at radius 1 is 1.08 bits per heavy atom. The van der Waals surface area contributed by atoms with Gasteiger partial charge in [-0.25, -0.2) is 4.98 Å². The first-order valence-electron chi connectivity index (χ1n) is 10.1. The van der Waals surface area contributed by atoms with Crippen molar-refractivity contribution < 1.29 is 4.79 Å².